The molecule has 1 saturated heterocycles. The Morgan fingerprint density at radius 3 is 2.72 bits per heavy atom. The lowest BCUT2D eigenvalue weighted by Gasteiger charge is -2.23. The molecule has 1 saturated carbocycles. The molecule has 0 aromatic rings. The largest absolute Gasteiger partial charge is 0.469 e. The lowest BCUT2D eigenvalue weighted by molar-refractivity contribution is -0.147. The van der Waals surface area contributed by atoms with Crippen molar-refractivity contribution in [3.8, 4) is 0 Å². The number of hydrogen-bond acceptors (Lipinski definition) is 7. The number of methoxy groups -OCH3 is 1. The molecule has 2 unspecified atom stereocenters. The average Bonchev–Trinajstić information content (AvgIpc) is 3.10. The summed E-state index contributed by atoms with van der Waals surface area (Å²) in [7, 11) is 1.36. The van der Waals surface area contributed by atoms with Gasteiger partial charge in [-0.25, -0.2) is 0 Å². The van der Waals surface area contributed by atoms with E-state index in [1.54, 1.807) is 11.8 Å². The molecule has 0 bridgehead atoms. The Kier molecular flexibility index (Phi) is 7.43. The first kappa shape index (κ1) is 19.9. The Labute approximate surface area is 152 Å². The van der Waals surface area contributed by atoms with E-state index < -0.39 is 6.17 Å². The molecule has 8 heteroatoms. The van der Waals surface area contributed by atoms with Crippen LogP contribution in [0.3, 0.4) is 0 Å². The molecule has 2 aliphatic rings. The van der Waals surface area contributed by atoms with E-state index >= 15 is 0 Å². The highest BCUT2D eigenvalue weighted by molar-refractivity contribution is 7.99. The number of nitrogens with zero attached hydrogens (tertiary/aromatic N) is 1. The van der Waals surface area contributed by atoms with Crippen molar-refractivity contribution in [1.82, 2.24) is 10.2 Å². The van der Waals surface area contributed by atoms with Crippen LogP contribution >= 0.6 is 11.8 Å². The molecular weight excluding hydrogens is 344 g/mol. The smallest absolute Gasteiger partial charge is 0.309 e. The predicted molar refractivity (Wildman–Crippen MR) is 94.0 cm³/mol. The van der Waals surface area contributed by atoms with Gasteiger partial charge in [0, 0.05) is 44.5 Å². The van der Waals surface area contributed by atoms with Crippen LogP contribution in [0.4, 0.5) is 0 Å². The van der Waals surface area contributed by atoms with Crippen LogP contribution in [-0.4, -0.2) is 66.2 Å². The van der Waals surface area contributed by atoms with E-state index in [-0.39, 0.29) is 35.3 Å². The molecule has 1 N–H and O–H groups in total. The van der Waals surface area contributed by atoms with Crippen LogP contribution in [0, 0.1) is 11.8 Å². The summed E-state index contributed by atoms with van der Waals surface area (Å²) in [6, 6.07) is 0. The van der Waals surface area contributed by atoms with E-state index in [9.17, 15) is 19.2 Å². The van der Waals surface area contributed by atoms with E-state index in [2.05, 4.69) is 5.32 Å². The SMILES string of the molecule is COC(=O)C1CCC(=O)C1CSCCCN1CCC(=O)[C@@H]1NC(C)=O. The summed E-state index contributed by atoms with van der Waals surface area (Å²) in [5.41, 5.74) is 0. The third-order valence-electron chi connectivity index (χ3n) is 4.79. The average molecular weight is 370 g/mol. The number of rotatable bonds is 8. The zero-order valence-corrected chi connectivity index (χ0v) is 15.6. The van der Waals surface area contributed by atoms with Crippen molar-refractivity contribution in [1.29, 1.82) is 0 Å². The number of esters is 1. The Balaban J connectivity index is 1.70. The zero-order chi connectivity index (χ0) is 18.4. The summed E-state index contributed by atoms with van der Waals surface area (Å²) in [6.45, 7) is 2.80. The first-order valence-corrected chi connectivity index (χ1v) is 9.81. The van der Waals surface area contributed by atoms with E-state index in [4.69, 9.17) is 4.74 Å². The van der Waals surface area contributed by atoms with Gasteiger partial charge in [-0.15, -0.1) is 0 Å². The lowest BCUT2D eigenvalue weighted by Crippen LogP contribution is -2.47. The second-order valence-electron chi connectivity index (χ2n) is 6.52. The van der Waals surface area contributed by atoms with Crippen LogP contribution < -0.4 is 5.32 Å². The highest BCUT2D eigenvalue weighted by Crippen LogP contribution is 2.32. The Morgan fingerprint density at radius 2 is 2.04 bits per heavy atom. The molecule has 2 fully saturated rings. The van der Waals surface area contributed by atoms with Gasteiger partial charge >= 0.3 is 5.97 Å². The molecule has 0 radical (unpaired) electrons. The number of nitrogens with one attached hydrogen (secondary N) is 1. The topological polar surface area (TPSA) is 92.8 Å². The summed E-state index contributed by atoms with van der Waals surface area (Å²) in [4.78, 5) is 48.7. The molecular formula is C17H26N2O5S. The van der Waals surface area contributed by atoms with Gasteiger partial charge in [0.2, 0.25) is 5.91 Å². The van der Waals surface area contributed by atoms with Crippen LogP contribution in [0.5, 0.6) is 0 Å². The molecule has 1 aliphatic heterocycles. The maximum Gasteiger partial charge on any atom is 0.309 e. The summed E-state index contributed by atoms with van der Waals surface area (Å²) in [6.07, 6.45) is 1.88. The van der Waals surface area contributed by atoms with Crippen molar-refractivity contribution in [2.75, 3.05) is 31.7 Å². The third-order valence-corrected chi connectivity index (χ3v) is 5.96. The van der Waals surface area contributed by atoms with Crippen molar-refractivity contribution in [2.45, 2.75) is 38.8 Å². The molecule has 1 aliphatic carbocycles. The second kappa shape index (κ2) is 9.33. The summed E-state index contributed by atoms with van der Waals surface area (Å²) in [5, 5.41) is 2.69. The molecule has 0 aromatic heterocycles. The van der Waals surface area contributed by atoms with Gasteiger partial charge in [-0.2, -0.15) is 11.8 Å². The third kappa shape index (κ3) is 5.28. The van der Waals surface area contributed by atoms with E-state index in [0.29, 0.717) is 31.6 Å². The number of thioether (sulfide) groups is 1. The molecule has 2 rings (SSSR count). The van der Waals surface area contributed by atoms with Crippen LogP contribution in [0.2, 0.25) is 0 Å². The fourth-order valence-electron chi connectivity index (χ4n) is 3.46. The number of carbonyl (C=O) groups is 4. The standard InChI is InChI=1S/C17H26N2O5S/c1-11(20)18-16-15(22)6-8-19(16)7-3-9-25-10-13-12(17(23)24-2)4-5-14(13)21/h12-13,16H,3-10H2,1-2H3,(H,18,20)/t12?,13?,16-/m1/s1. The zero-order valence-electron chi connectivity index (χ0n) is 14.8. The molecule has 7 nitrogen and oxygen atoms in total. The second-order valence-corrected chi connectivity index (χ2v) is 7.67. The van der Waals surface area contributed by atoms with Crippen LogP contribution in [0.1, 0.15) is 32.6 Å². The van der Waals surface area contributed by atoms with Crippen LogP contribution in [0.15, 0.2) is 0 Å². The molecule has 0 spiro atoms. The van der Waals surface area contributed by atoms with Gasteiger partial charge in [0.1, 0.15) is 11.9 Å². The van der Waals surface area contributed by atoms with Crippen LogP contribution in [-0.2, 0) is 23.9 Å². The fraction of sp³-hybridized carbons (Fsp3) is 0.765. The van der Waals surface area contributed by atoms with Gasteiger partial charge < -0.3 is 10.1 Å². The minimum atomic E-state index is -0.498. The van der Waals surface area contributed by atoms with Gasteiger partial charge in [-0.1, -0.05) is 0 Å². The number of carbonyl (C=O) groups excluding carboxylic acids is 4. The Morgan fingerprint density at radius 1 is 1.28 bits per heavy atom. The number of ketones is 2. The first-order chi connectivity index (χ1) is 11.9. The number of likely N-dealkylation sites (tertiary alicyclic amines) is 1. The van der Waals surface area contributed by atoms with Gasteiger partial charge in [0.05, 0.1) is 13.0 Å². The lowest BCUT2D eigenvalue weighted by atomic mass is 9.98. The highest BCUT2D eigenvalue weighted by atomic mass is 32.2. The van der Waals surface area contributed by atoms with Gasteiger partial charge in [-0.3, -0.25) is 24.1 Å². The minimum Gasteiger partial charge on any atom is -0.469 e. The van der Waals surface area contributed by atoms with E-state index in [1.807, 2.05) is 4.90 Å². The maximum atomic E-state index is 12.0. The predicted octanol–water partition coefficient (Wildman–Crippen LogP) is 0.615. The molecule has 140 valence electrons. The van der Waals surface area contributed by atoms with Crippen molar-refractivity contribution < 1.29 is 23.9 Å². The summed E-state index contributed by atoms with van der Waals surface area (Å²) >= 11 is 1.66. The summed E-state index contributed by atoms with van der Waals surface area (Å²) in [5.74, 6) is 0.655. The number of hydrogen-bond donors (Lipinski definition) is 1. The first-order valence-electron chi connectivity index (χ1n) is 8.66. The number of ether oxygens (including phenoxy) is 1. The minimum absolute atomic E-state index is 0.0559. The summed E-state index contributed by atoms with van der Waals surface area (Å²) < 4.78 is 4.79. The fourth-order valence-corrected chi connectivity index (χ4v) is 4.63. The molecule has 1 heterocycles. The molecule has 3 atom stereocenters. The monoisotopic (exact) mass is 370 g/mol. The highest BCUT2D eigenvalue weighted by Gasteiger charge is 2.39. The van der Waals surface area contributed by atoms with Crippen molar-refractivity contribution in [3.05, 3.63) is 0 Å². The van der Waals surface area contributed by atoms with Gasteiger partial charge in [0.25, 0.3) is 0 Å². The molecule has 1 amide bonds. The van der Waals surface area contributed by atoms with E-state index in [1.165, 1.54) is 14.0 Å². The van der Waals surface area contributed by atoms with Gasteiger partial charge in [-0.05, 0) is 18.6 Å². The van der Waals surface area contributed by atoms with Crippen molar-refractivity contribution in [2.24, 2.45) is 11.8 Å². The normalized spacial score (nSPS) is 26.9. The van der Waals surface area contributed by atoms with Crippen LogP contribution in [0.25, 0.3) is 0 Å². The Bertz CT molecular complexity index is 539. The van der Waals surface area contributed by atoms with Crippen molar-refractivity contribution in [3.63, 3.8) is 0 Å². The number of Topliss-reactive ketones (excluding diaryl/α,β-unsaturated/α-hetero) is 2. The maximum absolute atomic E-state index is 12.0. The van der Waals surface area contributed by atoms with Crippen molar-refractivity contribution >= 4 is 35.2 Å². The van der Waals surface area contributed by atoms with E-state index in [0.717, 1.165) is 18.7 Å². The Hall–Kier alpha value is -1.41. The number of amides is 1. The van der Waals surface area contributed by atoms with Gasteiger partial charge in [0.15, 0.2) is 5.78 Å². The molecule has 25 heavy (non-hydrogen) atoms. The quantitative estimate of drug-likeness (QED) is 0.494. The molecule has 0 aromatic carbocycles.